The van der Waals surface area contributed by atoms with Crippen LogP contribution in [0, 0.1) is 0 Å². The highest BCUT2D eigenvalue weighted by Gasteiger charge is 2.57. The maximum absolute atomic E-state index is 13.7. The lowest BCUT2D eigenvalue weighted by Gasteiger charge is -2.50. The first-order chi connectivity index (χ1) is 29.6. The van der Waals surface area contributed by atoms with Gasteiger partial charge in [0.2, 0.25) is 0 Å². The zero-order valence-electron chi connectivity index (χ0n) is 33.5. The molecule has 6 aromatic carbocycles. The summed E-state index contributed by atoms with van der Waals surface area (Å²) in [5.41, 5.74) is 7.92. The van der Waals surface area contributed by atoms with Crippen LogP contribution in [0.3, 0.4) is 0 Å². The highest BCUT2D eigenvalue weighted by Crippen LogP contribution is 2.52. The van der Waals surface area contributed by atoms with Gasteiger partial charge in [0.25, 0.3) is 0 Å². The van der Waals surface area contributed by atoms with E-state index >= 15 is 0 Å². The van der Waals surface area contributed by atoms with Gasteiger partial charge in [0, 0.05) is 12.8 Å². The van der Waals surface area contributed by atoms with Crippen LogP contribution in [-0.2, 0) is 63.1 Å². The molecular weight excluding hydrogens is 773 g/mol. The van der Waals surface area contributed by atoms with Gasteiger partial charge in [0.05, 0.1) is 44.9 Å². The molecule has 0 aromatic heterocycles. The first kappa shape index (κ1) is 40.3. The Labute approximate surface area is 356 Å². The van der Waals surface area contributed by atoms with E-state index in [1.807, 2.05) is 97.1 Å². The second-order valence-corrected chi connectivity index (χ2v) is 16.9. The van der Waals surface area contributed by atoms with Gasteiger partial charge >= 0.3 is 0 Å². The third-order valence-electron chi connectivity index (χ3n) is 11.2. The number of fused-ring (bicyclic) bond motifs is 2. The lowest BCUT2D eigenvalue weighted by Crippen LogP contribution is -2.61. The van der Waals surface area contributed by atoms with Crippen LogP contribution in [0.1, 0.15) is 44.5 Å². The summed E-state index contributed by atoms with van der Waals surface area (Å²) < 4.78 is 45.6. The summed E-state index contributed by atoms with van der Waals surface area (Å²) in [5, 5.41) is 13.3. The fraction of sp³-hybridized carbons (Fsp3) is 0.294. The fourth-order valence-corrected chi connectivity index (χ4v) is 9.81. The van der Waals surface area contributed by atoms with E-state index in [9.17, 15) is 5.11 Å². The summed E-state index contributed by atoms with van der Waals surface area (Å²) in [6, 6.07) is 50.8. The largest absolute Gasteiger partial charge is 0.493 e. The van der Waals surface area contributed by atoms with Gasteiger partial charge in [-0.25, -0.2) is 0 Å². The third-order valence-corrected chi connectivity index (χ3v) is 12.8. The van der Waals surface area contributed by atoms with E-state index in [4.69, 9.17) is 33.2 Å². The standard InChI is InChI=1S/C51H50O8S/c52-51(43-29-41-23-24-56-47(41)42(30-43)27-40-21-22-44-45(28-40)55-26-25-54-44)50(59-34-39-19-11-4-12-20-39)49(58-33-38-17-9-3-10-18-38)48(57-32-37-15-7-2-8-16-37)46(60-51)35-53-31-36-13-5-1-6-14-36/h1-22,28-30,46,48-50,52H,23-27,31-35H2/t46-,48-,49+,50-,51?/m1/s1. The number of hydrogen-bond donors (Lipinski definition) is 1. The van der Waals surface area contributed by atoms with E-state index in [0.717, 1.165) is 68.2 Å². The Morgan fingerprint density at radius 3 is 1.75 bits per heavy atom. The van der Waals surface area contributed by atoms with E-state index in [2.05, 4.69) is 54.6 Å². The summed E-state index contributed by atoms with van der Waals surface area (Å²) in [4.78, 5) is -1.59. The van der Waals surface area contributed by atoms with Crippen molar-refractivity contribution in [1.82, 2.24) is 0 Å². The van der Waals surface area contributed by atoms with Gasteiger partial charge in [0.15, 0.2) is 16.4 Å². The number of rotatable bonds is 16. The minimum Gasteiger partial charge on any atom is -0.493 e. The molecule has 0 radical (unpaired) electrons. The summed E-state index contributed by atoms with van der Waals surface area (Å²) >= 11 is 1.44. The molecule has 9 rings (SSSR count). The second-order valence-electron chi connectivity index (χ2n) is 15.5. The van der Waals surface area contributed by atoms with E-state index in [1.165, 1.54) is 11.8 Å². The van der Waals surface area contributed by atoms with Crippen LogP contribution in [0.4, 0.5) is 0 Å². The summed E-state index contributed by atoms with van der Waals surface area (Å²) in [7, 11) is 0. The van der Waals surface area contributed by atoms with Gasteiger partial charge in [-0.15, -0.1) is 11.8 Å². The van der Waals surface area contributed by atoms with Crippen LogP contribution in [0.2, 0.25) is 0 Å². The monoisotopic (exact) mass is 822 g/mol. The SMILES string of the molecule is OC1(c2cc3c(c(Cc4ccc5c(c4)OCCO5)c2)OCC3)S[C@H](COCc2ccccc2)[C@@H](OCc2ccccc2)[C@H](OCc2ccccc2)[C@H]1OCc1ccccc1. The molecule has 8 nitrogen and oxygen atoms in total. The predicted octanol–water partition coefficient (Wildman–Crippen LogP) is 9.22. The minimum absolute atomic E-state index is 0.262. The highest BCUT2D eigenvalue weighted by molar-refractivity contribution is 8.00. The number of thioether (sulfide) groups is 1. The lowest BCUT2D eigenvalue weighted by molar-refractivity contribution is -0.199. The lowest BCUT2D eigenvalue weighted by atomic mass is 9.89. The van der Waals surface area contributed by atoms with Gasteiger partial charge in [-0.2, -0.15) is 0 Å². The molecule has 1 N–H and O–H groups in total. The van der Waals surface area contributed by atoms with Crippen molar-refractivity contribution in [1.29, 1.82) is 0 Å². The van der Waals surface area contributed by atoms with Crippen molar-refractivity contribution in [3.8, 4) is 17.2 Å². The van der Waals surface area contributed by atoms with Crippen molar-refractivity contribution >= 4 is 11.8 Å². The Morgan fingerprint density at radius 2 is 1.12 bits per heavy atom. The highest BCUT2D eigenvalue weighted by atomic mass is 32.2. The van der Waals surface area contributed by atoms with Crippen LogP contribution < -0.4 is 14.2 Å². The van der Waals surface area contributed by atoms with Gasteiger partial charge in [-0.3, -0.25) is 0 Å². The normalized spacial score (nSPS) is 21.9. The van der Waals surface area contributed by atoms with Crippen LogP contribution in [-0.4, -0.2) is 55.1 Å². The molecule has 9 heteroatoms. The zero-order valence-corrected chi connectivity index (χ0v) is 34.3. The van der Waals surface area contributed by atoms with E-state index in [0.29, 0.717) is 52.7 Å². The van der Waals surface area contributed by atoms with Crippen molar-refractivity contribution in [2.24, 2.45) is 0 Å². The summed E-state index contributed by atoms with van der Waals surface area (Å²) in [6.45, 7) is 3.25. The molecule has 6 aromatic rings. The summed E-state index contributed by atoms with van der Waals surface area (Å²) in [5.74, 6) is 2.35. The molecular formula is C51H50O8S. The van der Waals surface area contributed by atoms with Crippen LogP contribution >= 0.6 is 11.8 Å². The molecule has 1 unspecified atom stereocenters. The molecule has 308 valence electrons. The van der Waals surface area contributed by atoms with E-state index in [-0.39, 0.29) is 11.9 Å². The number of hydrogen-bond acceptors (Lipinski definition) is 9. The zero-order chi connectivity index (χ0) is 40.6. The molecule has 1 fully saturated rings. The topological polar surface area (TPSA) is 84.8 Å². The Hall–Kier alpha value is -5.13. The Kier molecular flexibility index (Phi) is 12.8. The maximum atomic E-state index is 13.7. The average molecular weight is 823 g/mol. The summed E-state index contributed by atoms with van der Waals surface area (Å²) in [6.07, 6.45) is -0.789. The van der Waals surface area contributed by atoms with Crippen LogP contribution in [0.25, 0.3) is 0 Å². The van der Waals surface area contributed by atoms with Crippen molar-refractivity contribution in [2.45, 2.75) is 67.8 Å². The first-order valence-electron chi connectivity index (χ1n) is 20.7. The molecule has 3 aliphatic rings. The molecule has 0 aliphatic carbocycles. The molecule has 0 saturated carbocycles. The Morgan fingerprint density at radius 1 is 0.550 bits per heavy atom. The van der Waals surface area contributed by atoms with Gasteiger partial charge < -0.3 is 38.3 Å². The van der Waals surface area contributed by atoms with Gasteiger partial charge in [-0.1, -0.05) is 127 Å². The second kappa shape index (κ2) is 19.1. The van der Waals surface area contributed by atoms with Crippen LogP contribution in [0.15, 0.2) is 152 Å². The van der Waals surface area contributed by atoms with Crippen LogP contribution in [0.5, 0.6) is 17.2 Å². The van der Waals surface area contributed by atoms with Gasteiger partial charge in [0.1, 0.15) is 37.3 Å². The van der Waals surface area contributed by atoms with E-state index in [1.54, 1.807) is 0 Å². The van der Waals surface area contributed by atoms with E-state index < -0.39 is 23.2 Å². The molecule has 3 aliphatic heterocycles. The Bertz CT molecular complexity index is 2290. The Balaban J connectivity index is 1.12. The quantitative estimate of drug-likeness (QED) is 0.103. The molecule has 3 heterocycles. The minimum atomic E-state index is -1.59. The molecule has 5 atom stereocenters. The average Bonchev–Trinajstić information content (AvgIpc) is 3.79. The first-order valence-corrected chi connectivity index (χ1v) is 21.6. The van der Waals surface area contributed by atoms with Crippen molar-refractivity contribution in [3.63, 3.8) is 0 Å². The fourth-order valence-electron chi connectivity index (χ4n) is 8.23. The predicted molar refractivity (Wildman–Crippen MR) is 232 cm³/mol. The molecule has 0 amide bonds. The smallest absolute Gasteiger partial charge is 0.165 e. The van der Waals surface area contributed by atoms with Crippen molar-refractivity contribution in [2.75, 3.05) is 26.4 Å². The molecule has 60 heavy (non-hydrogen) atoms. The van der Waals surface area contributed by atoms with Crippen molar-refractivity contribution < 1.29 is 38.3 Å². The molecule has 1 saturated heterocycles. The molecule has 0 spiro atoms. The van der Waals surface area contributed by atoms with Gasteiger partial charge in [-0.05, 0) is 68.8 Å². The number of aliphatic hydroxyl groups is 1. The molecule has 0 bridgehead atoms. The van der Waals surface area contributed by atoms with Crippen molar-refractivity contribution in [3.05, 3.63) is 196 Å². The third kappa shape index (κ3) is 9.42. The number of benzene rings is 6. The maximum Gasteiger partial charge on any atom is 0.165 e. The number of ether oxygens (including phenoxy) is 7.